The van der Waals surface area contributed by atoms with Crippen LogP contribution in [0, 0.1) is 0 Å². The molecule has 4 aromatic carbocycles. The number of benzene rings is 4. The lowest BCUT2D eigenvalue weighted by Crippen LogP contribution is -2.30. The Kier molecular flexibility index (Phi) is 7.52. The van der Waals surface area contributed by atoms with Crippen LogP contribution in [0.5, 0.6) is 11.5 Å². The fourth-order valence-electron chi connectivity index (χ4n) is 6.40. The van der Waals surface area contributed by atoms with Crippen molar-refractivity contribution in [2.75, 3.05) is 33.2 Å². The lowest BCUT2D eigenvalue weighted by Gasteiger charge is -2.20. The zero-order valence-electron chi connectivity index (χ0n) is 21.9. The Morgan fingerprint density at radius 2 is 1.18 bits per heavy atom. The van der Waals surface area contributed by atoms with Crippen LogP contribution >= 0.6 is 34.2 Å². The lowest BCUT2D eigenvalue weighted by molar-refractivity contribution is -0.120. The maximum Gasteiger partial charge on any atom is 0.227 e. The van der Waals surface area contributed by atoms with Crippen LogP contribution in [0.15, 0.2) is 60.7 Å². The second-order valence-corrected chi connectivity index (χ2v) is 11.9. The SMILES string of the molecule is O=C(CCCCC(=O)N1C[C@@H](CI)c2c1cc(O)c1ccccc21)N1C[C@@H](CCl)c2c1cc(O)c1ccccc21. The van der Waals surface area contributed by atoms with Crippen molar-refractivity contribution >= 4 is 78.9 Å². The molecule has 6 nitrogen and oxygen atoms in total. The topological polar surface area (TPSA) is 81.1 Å². The number of carbonyl (C=O) groups is 2. The van der Waals surface area contributed by atoms with Crippen molar-refractivity contribution in [3.05, 3.63) is 71.8 Å². The van der Waals surface area contributed by atoms with E-state index in [1.54, 1.807) is 17.0 Å². The first kappa shape index (κ1) is 27.1. The van der Waals surface area contributed by atoms with Gasteiger partial charge in [-0.05, 0) is 34.7 Å². The first-order valence-electron chi connectivity index (χ1n) is 13.6. The van der Waals surface area contributed by atoms with Crippen molar-refractivity contribution in [2.45, 2.75) is 37.5 Å². The van der Waals surface area contributed by atoms with Gasteiger partial charge < -0.3 is 20.0 Å². The van der Waals surface area contributed by atoms with E-state index in [9.17, 15) is 19.8 Å². The summed E-state index contributed by atoms with van der Waals surface area (Å²) in [7, 11) is 0. The summed E-state index contributed by atoms with van der Waals surface area (Å²) in [5.74, 6) is 0.935. The predicted molar refractivity (Wildman–Crippen MR) is 169 cm³/mol. The van der Waals surface area contributed by atoms with E-state index in [0.717, 1.165) is 48.5 Å². The van der Waals surface area contributed by atoms with Gasteiger partial charge in [-0.2, -0.15) is 0 Å². The van der Waals surface area contributed by atoms with Gasteiger partial charge in [-0.1, -0.05) is 71.1 Å². The molecule has 0 saturated carbocycles. The minimum Gasteiger partial charge on any atom is -0.507 e. The fourth-order valence-corrected chi connectivity index (χ4v) is 7.37. The number of phenolic OH excluding ortho intramolecular Hbond substituents is 2. The van der Waals surface area contributed by atoms with E-state index in [-0.39, 0.29) is 35.1 Å². The third kappa shape index (κ3) is 4.57. The Morgan fingerprint density at radius 1 is 0.750 bits per heavy atom. The van der Waals surface area contributed by atoms with Crippen LogP contribution in [0.3, 0.4) is 0 Å². The van der Waals surface area contributed by atoms with Crippen LogP contribution in [0.1, 0.15) is 48.6 Å². The maximum absolute atomic E-state index is 13.3. The molecule has 2 heterocycles. The summed E-state index contributed by atoms with van der Waals surface area (Å²) in [4.78, 5) is 30.2. The molecule has 206 valence electrons. The summed E-state index contributed by atoms with van der Waals surface area (Å²) in [5.41, 5.74) is 3.67. The molecule has 6 rings (SSSR count). The van der Waals surface area contributed by atoms with E-state index in [1.807, 2.05) is 53.4 Å². The number of alkyl halides is 2. The van der Waals surface area contributed by atoms with E-state index in [2.05, 4.69) is 22.6 Å². The highest BCUT2D eigenvalue weighted by molar-refractivity contribution is 14.1. The molecular formula is C32H30ClIN2O4. The largest absolute Gasteiger partial charge is 0.507 e. The molecule has 0 fully saturated rings. The Balaban J connectivity index is 1.13. The minimum atomic E-state index is -0.0242. The quantitative estimate of drug-likeness (QED) is 0.124. The fraction of sp³-hybridized carbons (Fsp3) is 0.312. The van der Waals surface area contributed by atoms with Crippen molar-refractivity contribution in [2.24, 2.45) is 0 Å². The van der Waals surface area contributed by atoms with Gasteiger partial charge in [0.05, 0.1) is 11.4 Å². The third-order valence-electron chi connectivity index (χ3n) is 8.30. The second kappa shape index (κ2) is 11.1. The van der Waals surface area contributed by atoms with Crippen LogP contribution in [-0.2, 0) is 9.59 Å². The number of amides is 2. The predicted octanol–water partition coefficient (Wildman–Crippen LogP) is 7.20. The zero-order chi connectivity index (χ0) is 28.0. The lowest BCUT2D eigenvalue weighted by atomic mass is 9.95. The molecule has 0 saturated heterocycles. The number of anilines is 2. The molecule has 2 aliphatic rings. The van der Waals surface area contributed by atoms with Crippen LogP contribution in [0.4, 0.5) is 11.4 Å². The molecule has 2 aliphatic heterocycles. The van der Waals surface area contributed by atoms with Crippen LogP contribution in [0.25, 0.3) is 21.5 Å². The number of unbranched alkanes of at least 4 members (excludes halogenated alkanes) is 1. The second-order valence-electron chi connectivity index (χ2n) is 10.7. The molecule has 40 heavy (non-hydrogen) atoms. The summed E-state index contributed by atoms with van der Waals surface area (Å²) in [6, 6.07) is 18.9. The van der Waals surface area contributed by atoms with Crippen molar-refractivity contribution in [3.63, 3.8) is 0 Å². The number of halogens is 2. The molecule has 0 aromatic heterocycles. The Hall–Kier alpha value is -3.04. The molecule has 2 atom stereocenters. The van der Waals surface area contributed by atoms with Gasteiger partial charge in [-0.25, -0.2) is 0 Å². The Morgan fingerprint density at radius 3 is 1.62 bits per heavy atom. The van der Waals surface area contributed by atoms with Gasteiger partial charge in [0.15, 0.2) is 0 Å². The van der Waals surface area contributed by atoms with Gasteiger partial charge in [-0.3, -0.25) is 9.59 Å². The molecule has 0 radical (unpaired) electrons. The van der Waals surface area contributed by atoms with Gasteiger partial charge in [0, 0.05) is 71.0 Å². The number of rotatable bonds is 7. The number of hydrogen-bond donors (Lipinski definition) is 2. The van der Waals surface area contributed by atoms with Crippen molar-refractivity contribution in [1.82, 2.24) is 0 Å². The monoisotopic (exact) mass is 668 g/mol. The summed E-state index contributed by atoms with van der Waals surface area (Å²) in [6.45, 7) is 1.09. The van der Waals surface area contributed by atoms with E-state index < -0.39 is 0 Å². The first-order chi connectivity index (χ1) is 19.4. The average Bonchev–Trinajstić information content (AvgIpc) is 3.54. The standard InChI is InChI=1S/C32H30ClIN2O4/c33-15-19-17-35(25-13-27(37)21-7-1-3-9-23(21)31(19)25)29(39)11-5-6-12-30(40)36-18-20(16-34)32-24-10-4-2-8-22(24)28(38)14-26(32)36/h1-4,7-10,13-14,19-20,37-38H,5-6,11-12,15-18H2/t19-,20-/m1/s1. The molecule has 4 aromatic rings. The average molecular weight is 669 g/mol. The highest BCUT2D eigenvalue weighted by Crippen LogP contribution is 2.47. The molecule has 0 unspecified atom stereocenters. The van der Waals surface area contributed by atoms with Gasteiger partial charge in [-0.15, -0.1) is 11.6 Å². The highest BCUT2D eigenvalue weighted by Gasteiger charge is 2.35. The zero-order valence-corrected chi connectivity index (χ0v) is 24.9. The first-order valence-corrected chi connectivity index (χ1v) is 15.7. The van der Waals surface area contributed by atoms with Gasteiger partial charge in [0.25, 0.3) is 0 Å². The number of nitrogens with zero attached hydrogens (tertiary/aromatic N) is 2. The number of carbonyl (C=O) groups excluding carboxylic acids is 2. The Bertz CT molecular complexity index is 1520. The van der Waals surface area contributed by atoms with Crippen molar-refractivity contribution in [1.29, 1.82) is 0 Å². The normalized spacial score (nSPS) is 17.9. The smallest absolute Gasteiger partial charge is 0.227 e. The third-order valence-corrected chi connectivity index (χ3v) is 9.73. The molecular weight excluding hydrogens is 639 g/mol. The number of phenols is 2. The summed E-state index contributed by atoms with van der Waals surface area (Å²) in [6.07, 6.45) is 1.82. The molecule has 0 bridgehead atoms. The van der Waals surface area contributed by atoms with Crippen molar-refractivity contribution < 1.29 is 19.8 Å². The van der Waals surface area contributed by atoms with Crippen molar-refractivity contribution in [3.8, 4) is 11.5 Å². The molecule has 2 amide bonds. The summed E-state index contributed by atoms with van der Waals surface area (Å²) >= 11 is 8.68. The van der Waals surface area contributed by atoms with E-state index >= 15 is 0 Å². The number of hydrogen-bond acceptors (Lipinski definition) is 4. The van der Waals surface area contributed by atoms with E-state index in [1.165, 1.54) is 0 Å². The maximum atomic E-state index is 13.3. The molecule has 2 N–H and O–H groups in total. The summed E-state index contributed by atoms with van der Waals surface area (Å²) in [5, 5.41) is 24.8. The van der Waals surface area contributed by atoms with Gasteiger partial charge in [0.2, 0.25) is 11.8 Å². The van der Waals surface area contributed by atoms with E-state index in [0.29, 0.717) is 44.7 Å². The Labute approximate surface area is 251 Å². The molecule has 8 heteroatoms. The van der Waals surface area contributed by atoms with E-state index in [4.69, 9.17) is 11.6 Å². The van der Waals surface area contributed by atoms with Crippen LogP contribution in [0.2, 0.25) is 0 Å². The van der Waals surface area contributed by atoms with Crippen LogP contribution in [-0.4, -0.2) is 45.4 Å². The molecule has 0 spiro atoms. The van der Waals surface area contributed by atoms with Gasteiger partial charge >= 0.3 is 0 Å². The highest BCUT2D eigenvalue weighted by atomic mass is 127. The van der Waals surface area contributed by atoms with Crippen LogP contribution < -0.4 is 9.80 Å². The number of aromatic hydroxyl groups is 2. The molecule has 0 aliphatic carbocycles. The van der Waals surface area contributed by atoms with Gasteiger partial charge in [0.1, 0.15) is 11.5 Å². The summed E-state index contributed by atoms with van der Waals surface area (Å²) < 4.78 is 0.878. The minimum absolute atomic E-state index is 0.00118. The number of fused-ring (bicyclic) bond motifs is 6.